The summed E-state index contributed by atoms with van der Waals surface area (Å²) in [6.07, 6.45) is 5.64. The second kappa shape index (κ2) is 10.6. The quantitative estimate of drug-likeness (QED) is 0.309. The Hall–Kier alpha value is -1.85. The van der Waals surface area contributed by atoms with Crippen LogP contribution in [0.5, 0.6) is 0 Å². The summed E-state index contributed by atoms with van der Waals surface area (Å²) in [6, 6.07) is -0.263. The van der Waals surface area contributed by atoms with Gasteiger partial charge >= 0.3 is 5.97 Å². The van der Waals surface area contributed by atoms with Crippen LogP contribution in [0.4, 0.5) is 0 Å². The molecule has 2 rings (SSSR count). The Balaban J connectivity index is 2.02. The second-order valence-electron chi connectivity index (χ2n) is 8.52. The molecule has 0 saturated heterocycles. The fraction of sp³-hybridized carbons (Fsp3) is 0.773. The van der Waals surface area contributed by atoms with E-state index in [-0.39, 0.29) is 24.3 Å². The van der Waals surface area contributed by atoms with Crippen molar-refractivity contribution in [2.45, 2.75) is 79.2 Å². The molecule has 6 nitrogen and oxygen atoms in total. The van der Waals surface area contributed by atoms with Crippen molar-refractivity contribution in [1.82, 2.24) is 5.32 Å². The van der Waals surface area contributed by atoms with Gasteiger partial charge in [0.1, 0.15) is 5.71 Å². The highest BCUT2D eigenvalue weighted by molar-refractivity contribution is 6.38. The first-order valence-electron chi connectivity index (χ1n) is 10.6. The van der Waals surface area contributed by atoms with E-state index >= 15 is 0 Å². The molecule has 0 spiro atoms. The lowest BCUT2D eigenvalue weighted by atomic mass is 10.0. The Kier molecular flexibility index (Phi) is 8.52. The molecular formula is C22H36N2O4. The van der Waals surface area contributed by atoms with Gasteiger partial charge in [-0.15, -0.1) is 0 Å². The zero-order chi connectivity index (χ0) is 20.7. The van der Waals surface area contributed by atoms with Crippen molar-refractivity contribution >= 4 is 17.6 Å². The van der Waals surface area contributed by atoms with E-state index in [0.717, 1.165) is 5.57 Å². The van der Waals surface area contributed by atoms with Gasteiger partial charge in [-0.05, 0) is 76.2 Å². The van der Waals surface area contributed by atoms with Crippen LogP contribution in [0.1, 0.15) is 73.1 Å². The average Bonchev–Trinajstić information content (AvgIpc) is 3.50. The van der Waals surface area contributed by atoms with E-state index in [1.54, 1.807) is 13.8 Å². The van der Waals surface area contributed by atoms with Gasteiger partial charge in [-0.2, -0.15) is 0 Å². The number of aliphatic imine (C=N–C) groups is 1. The van der Waals surface area contributed by atoms with Crippen molar-refractivity contribution in [3.05, 3.63) is 11.5 Å². The molecule has 1 amide bonds. The number of carbonyl (C=O) groups is 2. The number of amides is 1. The number of ether oxygens (including phenoxy) is 2. The van der Waals surface area contributed by atoms with Gasteiger partial charge in [0, 0.05) is 6.04 Å². The van der Waals surface area contributed by atoms with Gasteiger partial charge in [0.2, 0.25) is 5.88 Å². The smallest absolute Gasteiger partial charge is 0.307 e. The van der Waals surface area contributed by atoms with E-state index in [0.29, 0.717) is 49.0 Å². The molecule has 2 aliphatic carbocycles. The third-order valence-electron chi connectivity index (χ3n) is 5.09. The molecule has 0 aliphatic heterocycles. The highest BCUT2D eigenvalue weighted by Crippen LogP contribution is 2.39. The largest absolute Gasteiger partial charge is 0.477 e. The molecule has 0 aromatic carbocycles. The third-order valence-corrected chi connectivity index (χ3v) is 5.09. The van der Waals surface area contributed by atoms with E-state index in [2.05, 4.69) is 31.1 Å². The first kappa shape index (κ1) is 22.4. The lowest BCUT2D eigenvalue weighted by Crippen LogP contribution is -2.40. The maximum absolute atomic E-state index is 12.7. The first-order chi connectivity index (χ1) is 13.3. The monoisotopic (exact) mass is 392 g/mol. The van der Waals surface area contributed by atoms with Gasteiger partial charge in [0.25, 0.3) is 5.91 Å². The summed E-state index contributed by atoms with van der Waals surface area (Å²) in [7, 11) is 0. The zero-order valence-electron chi connectivity index (χ0n) is 18.0. The standard InChI is InChI=1S/C22H36N2O4/c1-6-27-20(25)12-19(11-14(2)3)24-21(26)16(5)23-22(15(4)18-9-10-18)28-13-17-7-8-17/h14,17-19H,6-13H2,1-5H3,(H,24,26)/b22-15-,23-16?. The molecule has 1 unspecified atom stereocenters. The minimum Gasteiger partial charge on any atom is -0.477 e. The van der Waals surface area contributed by atoms with Crippen LogP contribution in [-0.2, 0) is 19.1 Å². The number of carbonyl (C=O) groups excluding carboxylic acids is 2. The normalized spacial score (nSPS) is 19.1. The molecule has 0 bridgehead atoms. The van der Waals surface area contributed by atoms with E-state index in [4.69, 9.17) is 9.47 Å². The number of rotatable bonds is 12. The van der Waals surface area contributed by atoms with Crippen molar-refractivity contribution in [2.75, 3.05) is 13.2 Å². The van der Waals surface area contributed by atoms with Gasteiger partial charge in [-0.25, -0.2) is 4.99 Å². The summed E-state index contributed by atoms with van der Waals surface area (Å²) in [5, 5.41) is 2.96. The molecule has 1 N–H and O–H groups in total. The molecule has 1 atom stereocenters. The van der Waals surface area contributed by atoms with Crippen molar-refractivity contribution in [3.63, 3.8) is 0 Å². The van der Waals surface area contributed by atoms with Gasteiger partial charge in [-0.3, -0.25) is 9.59 Å². The summed E-state index contributed by atoms with van der Waals surface area (Å²) in [6.45, 7) is 10.7. The van der Waals surface area contributed by atoms with Gasteiger partial charge in [0.15, 0.2) is 0 Å². The Morgan fingerprint density at radius 2 is 1.79 bits per heavy atom. The number of esters is 1. The van der Waals surface area contributed by atoms with Crippen molar-refractivity contribution in [2.24, 2.45) is 22.7 Å². The summed E-state index contributed by atoms with van der Waals surface area (Å²) in [4.78, 5) is 29.1. The highest BCUT2D eigenvalue weighted by Gasteiger charge is 2.29. The van der Waals surface area contributed by atoms with Crippen molar-refractivity contribution < 1.29 is 19.1 Å². The number of allylic oxidation sites excluding steroid dienone is 1. The van der Waals surface area contributed by atoms with Gasteiger partial charge in [0.05, 0.1) is 19.6 Å². The molecule has 2 saturated carbocycles. The summed E-state index contributed by atoms with van der Waals surface area (Å²) in [5.74, 6) is 1.57. The maximum atomic E-state index is 12.7. The number of hydrogen-bond donors (Lipinski definition) is 1. The third kappa shape index (κ3) is 8.03. The number of nitrogens with zero attached hydrogens (tertiary/aromatic N) is 1. The van der Waals surface area contributed by atoms with Crippen LogP contribution >= 0.6 is 0 Å². The first-order valence-corrected chi connectivity index (χ1v) is 10.6. The lowest BCUT2D eigenvalue weighted by molar-refractivity contribution is -0.143. The predicted molar refractivity (Wildman–Crippen MR) is 110 cm³/mol. The van der Waals surface area contributed by atoms with Crippen LogP contribution in [0.2, 0.25) is 0 Å². The topological polar surface area (TPSA) is 77.0 Å². The Bertz CT molecular complexity index is 616. The molecule has 0 radical (unpaired) electrons. The number of nitrogens with one attached hydrogen (secondary N) is 1. The van der Waals surface area contributed by atoms with Crippen LogP contribution in [0.15, 0.2) is 16.4 Å². The molecule has 0 heterocycles. The van der Waals surface area contributed by atoms with Crippen LogP contribution in [0.3, 0.4) is 0 Å². The van der Waals surface area contributed by atoms with E-state index in [1.807, 2.05) is 0 Å². The Morgan fingerprint density at radius 1 is 1.11 bits per heavy atom. The van der Waals surface area contributed by atoms with Crippen LogP contribution in [-0.4, -0.2) is 36.8 Å². The molecule has 0 aromatic heterocycles. The van der Waals surface area contributed by atoms with E-state index < -0.39 is 0 Å². The molecular weight excluding hydrogens is 356 g/mol. The average molecular weight is 393 g/mol. The predicted octanol–water partition coefficient (Wildman–Crippen LogP) is 4.00. The molecule has 6 heteroatoms. The summed E-state index contributed by atoms with van der Waals surface area (Å²) in [5.41, 5.74) is 1.50. The van der Waals surface area contributed by atoms with Crippen LogP contribution in [0.25, 0.3) is 0 Å². The molecule has 2 fully saturated rings. The summed E-state index contributed by atoms with van der Waals surface area (Å²) >= 11 is 0. The minimum atomic E-state index is -0.291. The lowest BCUT2D eigenvalue weighted by Gasteiger charge is -2.20. The van der Waals surface area contributed by atoms with Crippen LogP contribution in [0, 0.1) is 17.8 Å². The fourth-order valence-electron chi connectivity index (χ4n) is 3.08. The second-order valence-corrected chi connectivity index (χ2v) is 8.52. The SMILES string of the molecule is CCOC(=O)CC(CC(C)C)NC(=O)C(C)=N/C(OCC1CC1)=C(\C)C1CC1. The van der Waals surface area contributed by atoms with Crippen molar-refractivity contribution in [3.8, 4) is 0 Å². The van der Waals surface area contributed by atoms with Gasteiger partial charge in [-0.1, -0.05) is 13.8 Å². The highest BCUT2D eigenvalue weighted by atomic mass is 16.5. The molecule has 2 aliphatic rings. The molecule has 0 aromatic rings. The van der Waals surface area contributed by atoms with E-state index in [1.165, 1.54) is 25.7 Å². The minimum absolute atomic E-state index is 0.174. The van der Waals surface area contributed by atoms with Crippen molar-refractivity contribution in [1.29, 1.82) is 0 Å². The van der Waals surface area contributed by atoms with E-state index in [9.17, 15) is 9.59 Å². The Labute approximate surface area is 169 Å². The molecule has 158 valence electrons. The maximum Gasteiger partial charge on any atom is 0.307 e. The van der Waals surface area contributed by atoms with Gasteiger partial charge < -0.3 is 14.8 Å². The summed E-state index contributed by atoms with van der Waals surface area (Å²) < 4.78 is 11.0. The van der Waals surface area contributed by atoms with Crippen LogP contribution < -0.4 is 5.32 Å². The number of hydrogen-bond acceptors (Lipinski definition) is 5. The Morgan fingerprint density at radius 3 is 2.32 bits per heavy atom. The fourth-order valence-corrected chi connectivity index (χ4v) is 3.08. The zero-order valence-corrected chi connectivity index (χ0v) is 18.0. The molecule has 28 heavy (non-hydrogen) atoms.